The molecule has 0 saturated carbocycles. The van der Waals surface area contributed by atoms with Gasteiger partial charge in [0.25, 0.3) is 0 Å². The summed E-state index contributed by atoms with van der Waals surface area (Å²) in [4.78, 5) is 1.26. The summed E-state index contributed by atoms with van der Waals surface area (Å²) < 4.78 is 3.79. The van der Waals surface area contributed by atoms with Crippen LogP contribution >= 0.6 is 11.8 Å². The van der Waals surface area contributed by atoms with Crippen molar-refractivity contribution in [2.45, 2.75) is 10.6 Å². The van der Waals surface area contributed by atoms with Gasteiger partial charge >= 0.3 is 0 Å². The van der Waals surface area contributed by atoms with Gasteiger partial charge in [0.1, 0.15) is 5.69 Å². The van der Waals surface area contributed by atoms with Gasteiger partial charge in [-0.25, -0.2) is 0 Å². The SMILES string of the molecule is Cn1cc2c(n1)-c1cnn(C)c1CS2. The van der Waals surface area contributed by atoms with E-state index < -0.39 is 0 Å². The molecule has 0 atom stereocenters. The number of fused-ring (bicyclic) bond motifs is 3. The Bertz CT molecular complexity index is 497. The molecule has 0 bridgehead atoms. The molecule has 14 heavy (non-hydrogen) atoms. The molecule has 0 aromatic carbocycles. The van der Waals surface area contributed by atoms with Gasteiger partial charge in [-0.2, -0.15) is 10.2 Å². The third-order valence-corrected chi connectivity index (χ3v) is 3.50. The highest BCUT2D eigenvalue weighted by molar-refractivity contribution is 7.98. The third-order valence-electron chi connectivity index (χ3n) is 2.48. The average molecular weight is 206 g/mol. The number of aromatic nitrogens is 4. The number of hydrogen-bond donors (Lipinski definition) is 0. The largest absolute Gasteiger partial charge is 0.274 e. The second kappa shape index (κ2) is 2.63. The zero-order chi connectivity index (χ0) is 9.71. The lowest BCUT2D eigenvalue weighted by molar-refractivity contribution is 0.735. The summed E-state index contributed by atoms with van der Waals surface area (Å²) in [5, 5.41) is 8.71. The van der Waals surface area contributed by atoms with Crippen LogP contribution in [0.2, 0.25) is 0 Å². The molecule has 0 saturated heterocycles. The summed E-state index contributed by atoms with van der Waals surface area (Å²) in [6, 6.07) is 0. The predicted molar refractivity (Wildman–Crippen MR) is 55.0 cm³/mol. The van der Waals surface area contributed by atoms with Gasteiger partial charge in [0, 0.05) is 31.6 Å². The fourth-order valence-electron chi connectivity index (χ4n) is 1.74. The van der Waals surface area contributed by atoms with Crippen LogP contribution in [0.3, 0.4) is 0 Å². The molecule has 1 aliphatic heterocycles. The predicted octanol–water partition coefficient (Wildman–Crippen LogP) is 1.43. The molecule has 72 valence electrons. The van der Waals surface area contributed by atoms with Crippen LogP contribution in [0.15, 0.2) is 17.3 Å². The first-order valence-electron chi connectivity index (χ1n) is 4.43. The first-order chi connectivity index (χ1) is 6.75. The van der Waals surface area contributed by atoms with Gasteiger partial charge in [-0.1, -0.05) is 0 Å². The highest BCUT2D eigenvalue weighted by atomic mass is 32.2. The molecule has 3 heterocycles. The van der Waals surface area contributed by atoms with E-state index >= 15 is 0 Å². The molecule has 0 aliphatic carbocycles. The van der Waals surface area contributed by atoms with Crippen molar-refractivity contribution in [3.63, 3.8) is 0 Å². The second-order valence-corrected chi connectivity index (χ2v) is 4.45. The van der Waals surface area contributed by atoms with Gasteiger partial charge < -0.3 is 0 Å². The van der Waals surface area contributed by atoms with Gasteiger partial charge in [-0.3, -0.25) is 9.36 Å². The van der Waals surface area contributed by atoms with Gasteiger partial charge in [0.2, 0.25) is 0 Å². The van der Waals surface area contributed by atoms with Crippen LogP contribution in [0, 0.1) is 0 Å². The Morgan fingerprint density at radius 2 is 2.29 bits per heavy atom. The van der Waals surface area contributed by atoms with E-state index in [-0.39, 0.29) is 0 Å². The minimum Gasteiger partial charge on any atom is -0.274 e. The average Bonchev–Trinajstić information content (AvgIpc) is 2.68. The standard InChI is InChI=1S/C9H10N4S/c1-12-4-8-9(11-12)6-3-10-13(2)7(6)5-14-8/h3-4H,5H2,1-2H3. The molecule has 3 rings (SSSR count). The lowest BCUT2D eigenvalue weighted by Crippen LogP contribution is -2.00. The van der Waals surface area contributed by atoms with E-state index in [1.165, 1.54) is 16.2 Å². The number of aryl methyl sites for hydroxylation is 2. The number of hydrogen-bond acceptors (Lipinski definition) is 3. The van der Waals surface area contributed by atoms with Crippen LogP contribution in [-0.4, -0.2) is 19.6 Å². The number of rotatable bonds is 0. The number of thioether (sulfide) groups is 1. The van der Waals surface area contributed by atoms with Crippen LogP contribution in [0.1, 0.15) is 5.69 Å². The van der Waals surface area contributed by atoms with Crippen molar-refractivity contribution in [2.24, 2.45) is 14.1 Å². The van der Waals surface area contributed by atoms with E-state index in [4.69, 9.17) is 0 Å². The highest BCUT2D eigenvalue weighted by Gasteiger charge is 2.22. The maximum atomic E-state index is 4.45. The van der Waals surface area contributed by atoms with Gasteiger partial charge in [-0.15, -0.1) is 11.8 Å². The van der Waals surface area contributed by atoms with E-state index in [1.807, 2.05) is 41.4 Å². The fourth-order valence-corrected chi connectivity index (χ4v) is 2.89. The molecule has 4 nitrogen and oxygen atoms in total. The Labute approximate surface area is 85.9 Å². The Balaban J connectivity index is 2.28. The molecule has 0 radical (unpaired) electrons. The summed E-state index contributed by atoms with van der Waals surface area (Å²) in [6.07, 6.45) is 3.97. The Kier molecular flexibility index (Phi) is 1.53. The molecule has 0 unspecified atom stereocenters. The minimum absolute atomic E-state index is 0.991. The topological polar surface area (TPSA) is 35.6 Å². The summed E-state index contributed by atoms with van der Waals surface area (Å²) >= 11 is 1.83. The quantitative estimate of drug-likeness (QED) is 0.654. The second-order valence-electron chi connectivity index (χ2n) is 3.43. The lowest BCUT2D eigenvalue weighted by Gasteiger charge is -2.10. The van der Waals surface area contributed by atoms with Gasteiger partial charge in [0.05, 0.1) is 16.8 Å². The summed E-state index contributed by atoms with van der Waals surface area (Å²) in [6.45, 7) is 0. The lowest BCUT2D eigenvalue weighted by atomic mass is 10.2. The van der Waals surface area contributed by atoms with Crippen LogP contribution in [-0.2, 0) is 19.8 Å². The Morgan fingerprint density at radius 3 is 3.14 bits per heavy atom. The number of nitrogens with zero attached hydrogens (tertiary/aromatic N) is 4. The monoisotopic (exact) mass is 206 g/mol. The molecule has 0 spiro atoms. The first kappa shape index (κ1) is 8.11. The molecule has 5 heteroatoms. The van der Waals surface area contributed by atoms with Crippen molar-refractivity contribution in [2.75, 3.05) is 0 Å². The van der Waals surface area contributed by atoms with Crippen molar-refractivity contribution in [1.29, 1.82) is 0 Å². The molecule has 2 aromatic heterocycles. The third kappa shape index (κ3) is 0.957. The van der Waals surface area contributed by atoms with Crippen molar-refractivity contribution in [1.82, 2.24) is 19.6 Å². The first-order valence-corrected chi connectivity index (χ1v) is 5.42. The van der Waals surface area contributed by atoms with Crippen molar-refractivity contribution >= 4 is 11.8 Å². The van der Waals surface area contributed by atoms with Crippen LogP contribution in [0.4, 0.5) is 0 Å². The summed E-state index contributed by atoms with van der Waals surface area (Å²) in [5.41, 5.74) is 3.52. The van der Waals surface area contributed by atoms with Crippen molar-refractivity contribution in [3.8, 4) is 11.3 Å². The van der Waals surface area contributed by atoms with E-state index in [9.17, 15) is 0 Å². The molecular weight excluding hydrogens is 196 g/mol. The zero-order valence-electron chi connectivity index (χ0n) is 8.06. The molecular formula is C9H10N4S. The summed E-state index contributed by atoms with van der Waals surface area (Å²) in [7, 11) is 3.93. The van der Waals surface area contributed by atoms with Crippen LogP contribution in [0.5, 0.6) is 0 Å². The maximum Gasteiger partial charge on any atom is 0.109 e. The highest BCUT2D eigenvalue weighted by Crippen LogP contribution is 2.39. The van der Waals surface area contributed by atoms with Crippen molar-refractivity contribution in [3.05, 3.63) is 18.1 Å². The minimum atomic E-state index is 0.991. The fraction of sp³-hybridized carbons (Fsp3) is 0.333. The molecule has 0 N–H and O–H groups in total. The molecule has 0 fully saturated rings. The van der Waals surface area contributed by atoms with Gasteiger partial charge in [0.15, 0.2) is 0 Å². The van der Waals surface area contributed by atoms with E-state index in [0.29, 0.717) is 0 Å². The Hall–Kier alpha value is -1.23. The van der Waals surface area contributed by atoms with Crippen LogP contribution in [0.25, 0.3) is 11.3 Å². The maximum absolute atomic E-state index is 4.45. The van der Waals surface area contributed by atoms with Gasteiger partial charge in [-0.05, 0) is 0 Å². The zero-order valence-corrected chi connectivity index (χ0v) is 8.88. The van der Waals surface area contributed by atoms with E-state index in [1.54, 1.807) is 0 Å². The molecule has 0 amide bonds. The normalized spacial score (nSPS) is 13.9. The summed E-state index contributed by atoms with van der Waals surface area (Å²) in [5.74, 6) is 0.991. The van der Waals surface area contributed by atoms with Crippen molar-refractivity contribution < 1.29 is 0 Å². The van der Waals surface area contributed by atoms with Crippen LogP contribution < -0.4 is 0 Å². The van der Waals surface area contributed by atoms with E-state index in [0.717, 1.165) is 11.4 Å². The molecule has 1 aliphatic rings. The Morgan fingerprint density at radius 1 is 1.43 bits per heavy atom. The van der Waals surface area contributed by atoms with E-state index in [2.05, 4.69) is 16.4 Å². The smallest absolute Gasteiger partial charge is 0.109 e. The molecule has 2 aromatic rings.